The Hall–Kier alpha value is -3.80. The highest BCUT2D eigenvalue weighted by atomic mass is 32.2. The molecule has 0 spiro atoms. The van der Waals surface area contributed by atoms with Gasteiger partial charge in [0.15, 0.2) is 0 Å². The van der Waals surface area contributed by atoms with Crippen molar-refractivity contribution in [2.45, 2.75) is 80.3 Å². The number of halogens is 1. The van der Waals surface area contributed by atoms with Gasteiger partial charge in [-0.15, -0.1) is 0 Å². The number of carbonyl (C=O) groups excluding carboxylic acids is 1. The minimum absolute atomic E-state index is 0.0213. The Balaban J connectivity index is 1.09. The summed E-state index contributed by atoms with van der Waals surface area (Å²) < 4.78 is 45.3. The Morgan fingerprint density at radius 2 is 1.60 bits per heavy atom. The predicted molar refractivity (Wildman–Crippen MR) is 186 cm³/mol. The number of sulfonamides is 1. The second-order valence-corrected chi connectivity index (χ2v) is 15.6. The zero-order valence-corrected chi connectivity index (χ0v) is 28.8. The maximum atomic E-state index is 15.2. The van der Waals surface area contributed by atoms with E-state index in [9.17, 15) is 13.2 Å². The van der Waals surface area contributed by atoms with Crippen molar-refractivity contribution in [2.75, 3.05) is 39.0 Å². The van der Waals surface area contributed by atoms with Gasteiger partial charge in [-0.3, -0.25) is 9.69 Å². The van der Waals surface area contributed by atoms with E-state index in [-0.39, 0.29) is 21.6 Å². The van der Waals surface area contributed by atoms with Crippen molar-refractivity contribution in [3.8, 4) is 0 Å². The molecule has 1 aromatic heterocycles. The molecule has 4 heterocycles. The Kier molecular flexibility index (Phi) is 8.80. The molecule has 3 saturated heterocycles. The lowest BCUT2D eigenvalue weighted by Gasteiger charge is -2.45. The van der Waals surface area contributed by atoms with E-state index in [2.05, 4.69) is 75.0 Å². The number of carbonyl (C=O) groups is 1. The molecule has 4 aromatic rings. The van der Waals surface area contributed by atoms with Crippen molar-refractivity contribution in [1.29, 1.82) is 0 Å². The fourth-order valence-electron chi connectivity index (χ4n) is 8.91. The number of fused-ring (bicyclic) bond motifs is 3. The third kappa shape index (κ3) is 5.69. The third-order valence-electron chi connectivity index (χ3n) is 11.4. The van der Waals surface area contributed by atoms with Gasteiger partial charge in [0.2, 0.25) is 10.0 Å². The summed E-state index contributed by atoms with van der Waals surface area (Å²) in [6.45, 7) is 4.05. The fraction of sp³-hybridized carbons (Fsp3) is 0.459. The first kappa shape index (κ1) is 32.7. The number of amides is 1. The van der Waals surface area contributed by atoms with Gasteiger partial charge in [0, 0.05) is 38.3 Å². The molecule has 1 amide bonds. The number of rotatable bonds is 9. The average molecular weight is 673 g/mol. The van der Waals surface area contributed by atoms with Gasteiger partial charge < -0.3 is 14.8 Å². The number of hydrogen-bond donors (Lipinski definition) is 2. The molecular weight excluding hydrogens is 628 g/mol. The molecule has 3 aliphatic heterocycles. The first-order valence-electron chi connectivity index (χ1n) is 17.1. The van der Waals surface area contributed by atoms with Crippen molar-refractivity contribution in [2.24, 2.45) is 0 Å². The predicted octanol–water partition coefficient (Wildman–Crippen LogP) is 5.87. The van der Waals surface area contributed by atoms with Crippen LogP contribution in [0.3, 0.4) is 0 Å². The van der Waals surface area contributed by atoms with Crippen LogP contribution in [0.4, 0.5) is 10.1 Å². The van der Waals surface area contributed by atoms with E-state index in [0.717, 1.165) is 56.1 Å². The summed E-state index contributed by atoms with van der Waals surface area (Å²) in [5.41, 5.74) is 3.21. The number of benzene rings is 3. The Morgan fingerprint density at radius 3 is 2.27 bits per heavy atom. The van der Waals surface area contributed by atoms with Crippen LogP contribution < -0.4 is 10.0 Å². The summed E-state index contributed by atoms with van der Waals surface area (Å²) in [4.78, 5) is 23.0. The average Bonchev–Trinajstić information content (AvgIpc) is 3.57. The van der Waals surface area contributed by atoms with Crippen LogP contribution in [0.2, 0.25) is 0 Å². The van der Waals surface area contributed by atoms with Gasteiger partial charge in [-0.1, -0.05) is 42.5 Å². The van der Waals surface area contributed by atoms with Gasteiger partial charge in [-0.2, -0.15) is 0 Å². The van der Waals surface area contributed by atoms with E-state index in [4.69, 9.17) is 4.98 Å². The van der Waals surface area contributed by atoms with Crippen LogP contribution in [-0.2, 0) is 15.4 Å². The molecular formula is C37H45FN6O3S. The van der Waals surface area contributed by atoms with Crippen LogP contribution in [0.25, 0.3) is 11.0 Å². The third-order valence-corrected chi connectivity index (χ3v) is 12.8. The Morgan fingerprint density at radius 1 is 0.938 bits per heavy atom. The van der Waals surface area contributed by atoms with Crippen molar-refractivity contribution in [3.05, 3.63) is 89.5 Å². The molecule has 0 saturated carbocycles. The number of aryl methyl sites for hydroxylation is 1. The van der Waals surface area contributed by atoms with Crippen LogP contribution >= 0.6 is 0 Å². The van der Waals surface area contributed by atoms with Gasteiger partial charge in [-0.05, 0) is 101 Å². The van der Waals surface area contributed by atoms with Crippen LogP contribution in [0.5, 0.6) is 0 Å². The minimum atomic E-state index is -3.91. The highest BCUT2D eigenvalue weighted by Gasteiger charge is 2.44. The molecule has 1 unspecified atom stereocenters. The van der Waals surface area contributed by atoms with E-state index >= 15 is 4.39 Å². The van der Waals surface area contributed by atoms with Gasteiger partial charge in [-0.25, -0.2) is 22.5 Å². The van der Waals surface area contributed by atoms with Crippen molar-refractivity contribution in [3.63, 3.8) is 0 Å². The molecule has 0 aliphatic carbocycles. The van der Waals surface area contributed by atoms with Gasteiger partial charge in [0.1, 0.15) is 16.5 Å². The first-order valence-corrected chi connectivity index (χ1v) is 18.6. The number of likely N-dealkylation sites (tertiary alicyclic amines) is 1. The summed E-state index contributed by atoms with van der Waals surface area (Å²) in [6, 6.07) is 22.9. The molecule has 9 nitrogen and oxygen atoms in total. The summed E-state index contributed by atoms with van der Waals surface area (Å²) in [6.07, 6.45) is 7.17. The van der Waals surface area contributed by atoms with Crippen molar-refractivity contribution in [1.82, 2.24) is 24.1 Å². The van der Waals surface area contributed by atoms with E-state index in [1.54, 1.807) is 4.90 Å². The SMILES string of the molecule is CNc1c(S(=O)(=O)NC)ccc(F)c1C(=O)N1CCC(CCN2[C@@H]3CC[C@H]2CC(n2c(C)nc4ccccc42)C3)(c2ccccc2)CC1. The molecule has 2 bridgehead atoms. The van der Waals surface area contributed by atoms with E-state index in [1.807, 2.05) is 6.07 Å². The first-order chi connectivity index (χ1) is 23.2. The maximum absolute atomic E-state index is 15.2. The molecule has 2 N–H and O–H groups in total. The number of nitrogens with one attached hydrogen (secondary N) is 2. The van der Waals surface area contributed by atoms with Crippen LogP contribution in [-0.4, -0.2) is 79.5 Å². The zero-order valence-electron chi connectivity index (χ0n) is 28.0. The number of piperidine rings is 2. The second kappa shape index (κ2) is 12.9. The van der Waals surface area contributed by atoms with Crippen molar-refractivity contribution >= 4 is 32.7 Å². The largest absolute Gasteiger partial charge is 0.386 e. The zero-order chi connectivity index (χ0) is 33.6. The number of aromatic nitrogens is 2. The molecule has 11 heteroatoms. The normalized spacial score (nSPS) is 22.7. The van der Waals surface area contributed by atoms with E-state index in [1.165, 1.54) is 44.1 Å². The minimum Gasteiger partial charge on any atom is -0.386 e. The number of imidazole rings is 1. The topological polar surface area (TPSA) is 99.6 Å². The van der Waals surface area contributed by atoms with Crippen LogP contribution in [0.15, 0.2) is 71.6 Å². The molecule has 3 fully saturated rings. The monoisotopic (exact) mass is 672 g/mol. The summed E-state index contributed by atoms with van der Waals surface area (Å²) in [5, 5.41) is 2.78. The summed E-state index contributed by atoms with van der Waals surface area (Å²) in [5.74, 6) is -0.137. The van der Waals surface area contributed by atoms with Gasteiger partial charge in [0.05, 0.1) is 22.3 Å². The lowest BCUT2D eigenvalue weighted by atomic mass is 9.70. The molecule has 3 aromatic carbocycles. The number of anilines is 1. The lowest BCUT2D eigenvalue weighted by molar-refractivity contribution is 0.0604. The fourth-order valence-corrected chi connectivity index (χ4v) is 9.85. The molecule has 3 atom stereocenters. The van der Waals surface area contributed by atoms with Gasteiger partial charge in [0.25, 0.3) is 5.91 Å². The Labute approximate surface area is 282 Å². The molecule has 254 valence electrons. The van der Waals surface area contributed by atoms with E-state index < -0.39 is 21.7 Å². The summed E-state index contributed by atoms with van der Waals surface area (Å²) >= 11 is 0. The number of nitrogens with zero attached hydrogens (tertiary/aromatic N) is 4. The van der Waals surface area contributed by atoms with Gasteiger partial charge >= 0.3 is 0 Å². The molecule has 7 rings (SSSR count). The quantitative estimate of drug-likeness (QED) is 0.231. The van der Waals surface area contributed by atoms with Crippen LogP contribution in [0.1, 0.15) is 72.7 Å². The molecule has 48 heavy (non-hydrogen) atoms. The van der Waals surface area contributed by atoms with Crippen molar-refractivity contribution < 1.29 is 17.6 Å². The highest BCUT2D eigenvalue weighted by Crippen LogP contribution is 2.45. The molecule has 3 aliphatic rings. The van der Waals surface area contributed by atoms with E-state index in [0.29, 0.717) is 31.2 Å². The number of hydrogen-bond acceptors (Lipinski definition) is 6. The lowest BCUT2D eigenvalue weighted by Crippen LogP contribution is -2.49. The second-order valence-electron chi connectivity index (χ2n) is 13.7. The smallest absolute Gasteiger partial charge is 0.258 e. The maximum Gasteiger partial charge on any atom is 0.258 e. The molecule has 0 radical (unpaired) electrons. The standard InChI is InChI=1S/C37H45FN6O3S/c1-25-41-31-11-7-8-12-32(31)44(25)29-23-27-13-14-28(24-29)43(27)22-19-37(26-9-5-4-6-10-26)17-20-42(21-18-37)36(45)34-30(38)15-16-33(35(34)39-2)48(46,47)40-3/h4-12,15-16,27-29,39-40H,13-14,17-24H2,1-3H3/t27-,28+,29?. The summed E-state index contributed by atoms with van der Waals surface area (Å²) in [7, 11) is -1.11. The highest BCUT2D eigenvalue weighted by molar-refractivity contribution is 7.89. The number of para-hydroxylation sites is 2. The Bertz CT molecular complexity index is 1910. The van der Waals surface area contributed by atoms with Crippen LogP contribution in [0, 0.1) is 12.7 Å².